The first-order chi connectivity index (χ1) is 14.1. The van der Waals surface area contributed by atoms with E-state index in [9.17, 15) is 30.3 Å². The average molecular weight is 426 g/mol. The van der Waals surface area contributed by atoms with Gasteiger partial charge in [-0.05, 0) is 24.8 Å². The molecular weight excluding hydrogens is 396 g/mol. The van der Waals surface area contributed by atoms with Crippen LogP contribution in [0.15, 0.2) is 23.5 Å². The molecule has 2 aliphatic carbocycles. The molecule has 0 aromatic rings. The van der Waals surface area contributed by atoms with E-state index in [0.717, 1.165) is 11.1 Å². The fourth-order valence-corrected chi connectivity index (χ4v) is 5.48. The Morgan fingerprint density at radius 3 is 2.50 bits per heavy atom. The summed E-state index contributed by atoms with van der Waals surface area (Å²) in [5, 5.41) is 50.3. The van der Waals surface area contributed by atoms with Crippen molar-refractivity contribution >= 4 is 5.97 Å². The van der Waals surface area contributed by atoms with Crippen molar-refractivity contribution < 1.29 is 44.5 Å². The Morgan fingerprint density at radius 1 is 1.13 bits per heavy atom. The number of rotatable bonds is 3. The third-order valence-electron chi connectivity index (χ3n) is 7.26. The van der Waals surface area contributed by atoms with Crippen molar-refractivity contribution in [2.45, 2.75) is 69.6 Å². The molecule has 30 heavy (non-hydrogen) atoms. The van der Waals surface area contributed by atoms with E-state index in [4.69, 9.17) is 14.2 Å². The van der Waals surface area contributed by atoms with Crippen molar-refractivity contribution in [1.82, 2.24) is 0 Å². The number of ether oxygens (including phenoxy) is 3. The van der Waals surface area contributed by atoms with Crippen LogP contribution in [0.25, 0.3) is 0 Å². The van der Waals surface area contributed by atoms with Crippen molar-refractivity contribution in [3.8, 4) is 0 Å². The highest BCUT2D eigenvalue weighted by atomic mass is 16.7. The number of carbonyl (C=O) groups is 1. The molecule has 11 unspecified atom stereocenters. The average Bonchev–Trinajstić information content (AvgIpc) is 3.15. The van der Waals surface area contributed by atoms with Gasteiger partial charge in [0.25, 0.3) is 0 Å². The van der Waals surface area contributed by atoms with Crippen molar-refractivity contribution in [2.75, 3.05) is 6.61 Å². The number of fused-ring (bicyclic) bond motifs is 3. The van der Waals surface area contributed by atoms with Crippen molar-refractivity contribution in [1.29, 1.82) is 0 Å². The Labute approximate surface area is 174 Å². The molecular formula is C21H30O9. The number of aliphatic hydroxyl groups excluding tert-OH is 5. The van der Waals surface area contributed by atoms with Crippen LogP contribution < -0.4 is 0 Å². The first-order valence-corrected chi connectivity index (χ1v) is 10.4. The summed E-state index contributed by atoms with van der Waals surface area (Å²) in [4.78, 5) is 12.2. The van der Waals surface area contributed by atoms with E-state index in [2.05, 4.69) is 6.58 Å². The maximum absolute atomic E-state index is 12.2. The lowest BCUT2D eigenvalue weighted by molar-refractivity contribution is -0.292. The van der Waals surface area contributed by atoms with Gasteiger partial charge >= 0.3 is 5.97 Å². The Morgan fingerprint density at radius 2 is 1.83 bits per heavy atom. The lowest BCUT2D eigenvalue weighted by Crippen LogP contribution is -2.59. The van der Waals surface area contributed by atoms with Crippen LogP contribution in [0.4, 0.5) is 0 Å². The van der Waals surface area contributed by atoms with Crippen LogP contribution in [0, 0.1) is 23.7 Å². The highest BCUT2D eigenvalue weighted by Crippen LogP contribution is 2.53. The monoisotopic (exact) mass is 426 g/mol. The van der Waals surface area contributed by atoms with Gasteiger partial charge < -0.3 is 39.7 Å². The Hall–Kier alpha value is -1.49. The van der Waals surface area contributed by atoms with Crippen LogP contribution in [-0.2, 0) is 19.0 Å². The Balaban J connectivity index is 1.60. The second kappa shape index (κ2) is 7.89. The minimum atomic E-state index is -1.53. The molecule has 9 nitrogen and oxygen atoms in total. The molecule has 2 saturated heterocycles. The summed E-state index contributed by atoms with van der Waals surface area (Å²) in [7, 11) is 0. The van der Waals surface area contributed by atoms with Crippen LogP contribution in [0.5, 0.6) is 0 Å². The van der Waals surface area contributed by atoms with Gasteiger partial charge in [-0.3, -0.25) is 4.79 Å². The molecule has 0 aromatic heterocycles. The summed E-state index contributed by atoms with van der Waals surface area (Å²) >= 11 is 0. The van der Waals surface area contributed by atoms with E-state index in [1.165, 1.54) is 0 Å². The Kier molecular flexibility index (Phi) is 5.71. The molecule has 0 radical (unpaired) electrons. The molecule has 0 amide bonds. The Bertz CT molecular complexity index is 747. The first-order valence-electron chi connectivity index (χ1n) is 10.4. The molecule has 2 aliphatic heterocycles. The molecule has 168 valence electrons. The van der Waals surface area contributed by atoms with Crippen LogP contribution in [0.2, 0.25) is 0 Å². The number of esters is 1. The summed E-state index contributed by atoms with van der Waals surface area (Å²) in [5.74, 6) is -0.876. The number of hydrogen-bond acceptors (Lipinski definition) is 9. The number of carbonyl (C=O) groups excluding carboxylic acids is 1. The van der Waals surface area contributed by atoms with E-state index in [1.807, 2.05) is 6.92 Å². The van der Waals surface area contributed by atoms with Gasteiger partial charge in [0.2, 0.25) is 6.29 Å². The summed E-state index contributed by atoms with van der Waals surface area (Å²) in [6.45, 7) is 7.22. The maximum Gasteiger partial charge on any atom is 0.309 e. The molecule has 2 heterocycles. The summed E-state index contributed by atoms with van der Waals surface area (Å²) < 4.78 is 17.1. The van der Waals surface area contributed by atoms with Crippen LogP contribution >= 0.6 is 0 Å². The SMILES string of the molecule is C=C1CC(O)C2C(C)C(=O)OC2C2C(C)=C(OC3OC(CO)C(O)C(O)C3O)CC12. The normalized spacial score (nSPS) is 48.8. The molecule has 3 fully saturated rings. The number of allylic oxidation sites excluding steroid dienone is 1. The fraction of sp³-hybridized carbons (Fsp3) is 0.762. The maximum atomic E-state index is 12.2. The number of hydrogen-bond donors (Lipinski definition) is 5. The van der Waals surface area contributed by atoms with E-state index < -0.39 is 55.4 Å². The minimum Gasteiger partial charge on any atom is -0.466 e. The van der Waals surface area contributed by atoms with E-state index in [1.54, 1.807) is 6.92 Å². The van der Waals surface area contributed by atoms with Gasteiger partial charge in [0, 0.05) is 18.3 Å². The van der Waals surface area contributed by atoms with Crippen molar-refractivity contribution in [3.63, 3.8) is 0 Å². The summed E-state index contributed by atoms with van der Waals surface area (Å²) in [6.07, 6.45) is -7.25. The van der Waals surface area contributed by atoms with Crippen LogP contribution in [0.1, 0.15) is 26.7 Å². The standard InChI is InChI=1S/C21H30O9/c1-7-4-11(23)15-9(3)20(27)30-19(15)14-8(2)12(5-10(7)14)28-21-18(26)17(25)16(24)13(6-22)29-21/h9-11,13-19,21-26H,1,4-6H2,2-3H3. The fourth-order valence-electron chi connectivity index (χ4n) is 5.48. The predicted octanol–water partition coefficient (Wildman–Crippen LogP) is -0.788. The second-order valence-corrected chi connectivity index (χ2v) is 8.95. The van der Waals surface area contributed by atoms with Gasteiger partial charge in [-0.2, -0.15) is 0 Å². The third kappa shape index (κ3) is 3.28. The van der Waals surface area contributed by atoms with Gasteiger partial charge in [0.15, 0.2) is 0 Å². The highest BCUT2D eigenvalue weighted by Gasteiger charge is 2.56. The van der Waals surface area contributed by atoms with Crippen LogP contribution in [0.3, 0.4) is 0 Å². The predicted molar refractivity (Wildman–Crippen MR) is 101 cm³/mol. The second-order valence-electron chi connectivity index (χ2n) is 8.95. The molecule has 9 heteroatoms. The van der Waals surface area contributed by atoms with Gasteiger partial charge in [0.05, 0.1) is 24.4 Å². The van der Waals surface area contributed by atoms with Gasteiger partial charge in [0.1, 0.15) is 30.5 Å². The lowest BCUT2D eigenvalue weighted by atomic mass is 9.78. The minimum absolute atomic E-state index is 0.104. The zero-order valence-corrected chi connectivity index (χ0v) is 17.0. The summed E-state index contributed by atoms with van der Waals surface area (Å²) in [5.41, 5.74) is 1.65. The van der Waals surface area contributed by atoms with Gasteiger partial charge in [-0.25, -0.2) is 0 Å². The van der Waals surface area contributed by atoms with E-state index in [-0.39, 0.29) is 23.7 Å². The molecule has 0 aromatic carbocycles. The molecule has 5 N–H and O–H groups in total. The zero-order chi connectivity index (χ0) is 21.9. The molecule has 4 aliphatic rings. The molecule has 11 atom stereocenters. The van der Waals surface area contributed by atoms with Crippen molar-refractivity contribution in [3.05, 3.63) is 23.5 Å². The van der Waals surface area contributed by atoms with E-state index in [0.29, 0.717) is 18.6 Å². The van der Waals surface area contributed by atoms with Gasteiger partial charge in [-0.15, -0.1) is 0 Å². The molecule has 0 bridgehead atoms. The topological polar surface area (TPSA) is 146 Å². The third-order valence-corrected chi connectivity index (χ3v) is 7.26. The number of aliphatic hydroxyl groups is 5. The summed E-state index contributed by atoms with van der Waals surface area (Å²) in [6, 6.07) is 0. The molecule has 0 spiro atoms. The zero-order valence-electron chi connectivity index (χ0n) is 17.0. The van der Waals surface area contributed by atoms with Crippen LogP contribution in [-0.4, -0.2) is 81.0 Å². The van der Waals surface area contributed by atoms with E-state index >= 15 is 0 Å². The lowest BCUT2D eigenvalue weighted by Gasteiger charge is -2.40. The largest absolute Gasteiger partial charge is 0.466 e. The highest BCUT2D eigenvalue weighted by molar-refractivity contribution is 5.75. The van der Waals surface area contributed by atoms with Gasteiger partial charge in [-0.1, -0.05) is 19.1 Å². The smallest absolute Gasteiger partial charge is 0.309 e. The van der Waals surface area contributed by atoms with Crippen molar-refractivity contribution in [2.24, 2.45) is 23.7 Å². The molecule has 1 saturated carbocycles. The molecule has 4 rings (SSSR count). The first kappa shape index (κ1) is 21.7. The quantitative estimate of drug-likeness (QED) is 0.289.